The Morgan fingerprint density at radius 2 is 1.90 bits per heavy atom. The van der Waals surface area contributed by atoms with E-state index in [0.29, 0.717) is 9.65 Å². The van der Waals surface area contributed by atoms with E-state index in [-0.39, 0.29) is 11.7 Å². The molecule has 0 atom stereocenters. The Morgan fingerprint density at radius 3 is 2.40 bits per heavy atom. The zero-order chi connectivity index (χ0) is 14.9. The van der Waals surface area contributed by atoms with E-state index in [1.165, 1.54) is 6.07 Å². The maximum Gasteiger partial charge on any atom is 0.344 e. The third-order valence-corrected chi connectivity index (χ3v) is 3.40. The van der Waals surface area contributed by atoms with Gasteiger partial charge in [0.1, 0.15) is 5.82 Å². The van der Waals surface area contributed by atoms with Gasteiger partial charge in [0.15, 0.2) is 0 Å². The minimum atomic E-state index is -3.63. The first-order valence-corrected chi connectivity index (χ1v) is 7.47. The summed E-state index contributed by atoms with van der Waals surface area (Å²) in [4.78, 5) is 11.8. The lowest BCUT2D eigenvalue weighted by molar-refractivity contribution is 0.0727. The molecule has 0 spiro atoms. The fourth-order valence-corrected chi connectivity index (χ4v) is 2.18. The van der Waals surface area contributed by atoms with Crippen LogP contribution < -0.4 is 10.5 Å². The highest BCUT2D eigenvalue weighted by Gasteiger charge is 2.17. The van der Waals surface area contributed by atoms with E-state index in [9.17, 15) is 13.2 Å². The summed E-state index contributed by atoms with van der Waals surface area (Å²) in [6.07, 6.45) is 0.946. The summed E-state index contributed by atoms with van der Waals surface area (Å²) in [7, 11) is -3.63. The average Bonchev–Trinajstić information content (AvgIpc) is 2.70. The van der Waals surface area contributed by atoms with Crippen LogP contribution in [0.5, 0.6) is 5.88 Å². The van der Waals surface area contributed by atoms with Crippen LogP contribution >= 0.6 is 0 Å². The summed E-state index contributed by atoms with van der Waals surface area (Å²) < 4.78 is 28.3. The largest absolute Gasteiger partial charge is 0.402 e. The Kier molecular flexibility index (Phi) is 3.49. The molecule has 7 nitrogen and oxygen atoms in total. The molecule has 0 aliphatic heterocycles. The van der Waals surface area contributed by atoms with Crippen molar-refractivity contribution in [1.29, 1.82) is 0 Å². The minimum Gasteiger partial charge on any atom is -0.402 e. The van der Waals surface area contributed by atoms with Gasteiger partial charge < -0.3 is 10.5 Å². The van der Waals surface area contributed by atoms with Crippen molar-refractivity contribution < 1.29 is 17.9 Å². The topological polar surface area (TPSA) is 104 Å². The number of hydrogen-bond acceptors (Lipinski definition) is 6. The minimum absolute atomic E-state index is 0.126. The molecule has 106 valence electrons. The summed E-state index contributed by atoms with van der Waals surface area (Å²) in [5.41, 5.74) is 6.83. The summed E-state index contributed by atoms with van der Waals surface area (Å²) in [6.45, 7) is 1.89. The van der Waals surface area contributed by atoms with Crippen molar-refractivity contribution in [3.05, 3.63) is 41.5 Å². The van der Waals surface area contributed by atoms with Crippen molar-refractivity contribution in [3.63, 3.8) is 0 Å². The molecule has 2 rings (SSSR count). The van der Waals surface area contributed by atoms with E-state index in [1.807, 2.05) is 6.92 Å². The van der Waals surface area contributed by atoms with Gasteiger partial charge in [-0.05, 0) is 19.1 Å². The van der Waals surface area contributed by atoms with Gasteiger partial charge in [-0.15, -0.1) is 9.19 Å². The number of rotatable bonds is 3. The lowest BCUT2D eigenvalue weighted by atomic mass is 10.1. The van der Waals surface area contributed by atoms with E-state index in [0.717, 1.165) is 11.8 Å². The van der Waals surface area contributed by atoms with E-state index in [2.05, 4.69) is 5.10 Å². The quantitative estimate of drug-likeness (QED) is 0.840. The molecule has 0 radical (unpaired) electrons. The summed E-state index contributed by atoms with van der Waals surface area (Å²) in [5, 5.41) is 3.62. The molecule has 0 bridgehead atoms. The summed E-state index contributed by atoms with van der Waals surface area (Å²) >= 11 is 0. The van der Waals surface area contributed by atoms with Crippen molar-refractivity contribution in [1.82, 2.24) is 9.19 Å². The summed E-state index contributed by atoms with van der Waals surface area (Å²) in [6, 6.07) is 7.91. The second-order valence-corrected chi connectivity index (χ2v) is 6.08. The predicted octanol–water partition coefficient (Wildman–Crippen LogP) is 0.801. The second kappa shape index (κ2) is 4.97. The molecule has 0 unspecified atom stereocenters. The van der Waals surface area contributed by atoms with Crippen LogP contribution in [0.15, 0.2) is 30.3 Å². The molecule has 8 heteroatoms. The van der Waals surface area contributed by atoms with Gasteiger partial charge in [0.05, 0.1) is 11.8 Å². The van der Waals surface area contributed by atoms with Gasteiger partial charge in [-0.3, -0.25) is 0 Å². The molecule has 0 saturated carbocycles. The van der Waals surface area contributed by atoms with Gasteiger partial charge in [0.2, 0.25) is 5.88 Å². The third kappa shape index (κ3) is 2.97. The Labute approximate surface area is 116 Å². The van der Waals surface area contributed by atoms with E-state index in [1.54, 1.807) is 24.3 Å². The predicted molar refractivity (Wildman–Crippen MR) is 73.0 cm³/mol. The SMILES string of the molecule is Cc1ccc(C(=O)Oc2cc(N)n(S(C)(=O)=O)n2)cc1. The van der Waals surface area contributed by atoms with Gasteiger partial charge in [-0.1, -0.05) is 17.7 Å². The Balaban J connectivity index is 2.23. The number of aryl methyl sites for hydroxylation is 1. The normalized spacial score (nSPS) is 11.3. The number of carbonyl (C=O) groups excluding carboxylic acids is 1. The molecule has 1 aromatic carbocycles. The van der Waals surface area contributed by atoms with Gasteiger partial charge in [-0.25, -0.2) is 13.2 Å². The fourth-order valence-electron chi connectivity index (χ4n) is 1.52. The average molecular weight is 295 g/mol. The van der Waals surface area contributed by atoms with Gasteiger partial charge >= 0.3 is 5.97 Å². The van der Waals surface area contributed by atoms with Gasteiger partial charge in [-0.2, -0.15) is 0 Å². The molecule has 1 heterocycles. The first-order chi connectivity index (χ1) is 9.27. The van der Waals surface area contributed by atoms with Gasteiger partial charge in [0.25, 0.3) is 10.0 Å². The van der Waals surface area contributed by atoms with E-state index >= 15 is 0 Å². The summed E-state index contributed by atoms with van der Waals surface area (Å²) in [5.74, 6) is -0.930. The van der Waals surface area contributed by atoms with Crippen molar-refractivity contribution in [2.24, 2.45) is 0 Å². The number of nitrogen functional groups attached to an aromatic ring is 1. The van der Waals surface area contributed by atoms with Crippen LogP contribution in [0.3, 0.4) is 0 Å². The first kappa shape index (κ1) is 14.1. The number of aromatic nitrogens is 2. The molecular formula is C12H13N3O4S. The standard InChI is InChI=1S/C12H13N3O4S/c1-8-3-5-9(6-4-8)12(16)19-11-7-10(13)15(14-11)20(2,17)18/h3-7H,13H2,1-2H3. The molecule has 0 aliphatic rings. The van der Waals surface area contributed by atoms with Crippen molar-refractivity contribution in [2.75, 3.05) is 12.0 Å². The lowest BCUT2D eigenvalue weighted by Gasteiger charge is -2.01. The smallest absolute Gasteiger partial charge is 0.344 e. The van der Waals surface area contributed by atoms with E-state index < -0.39 is 16.0 Å². The highest BCUT2D eigenvalue weighted by atomic mass is 32.2. The van der Waals surface area contributed by atoms with Crippen LogP contribution in [0.25, 0.3) is 0 Å². The molecule has 0 amide bonds. The molecule has 0 fully saturated rings. The van der Waals surface area contributed by atoms with Gasteiger partial charge in [0, 0.05) is 6.07 Å². The van der Waals surface area contributed by atoms with Crippen LogP contribution in [0.4, 0.5) is 5.82 Å². The number of esters is 1. The first-order valence-electron chi connectivity index (χ1n) is 5.62. The Hall–Kier alpha value is -2.35. The van der Waals surface area contributed by atoms with Crippen LogP contribution in [-0.4, -0.2) is 29.8 Å². The maximum atomic E-state index is 11.8. The second-order valence-electron chi connectivity index (χ2n) is 4.27. The number of anilines is 1. The van der Waals surface area contributed by atoms with Crippen LogP contribution in [-0.2, 0) is 10.0 Å². The number of nitrogens with two attached hydrogens (primary N) is 1. The Bertz CT molecular complexity index is 748. The number of carbonyl (C=O) groups is 1. The van der Waals surface area contributed by atoms with Crippen molar-refractivity contribution in [3.8, 4) is 5.88 Å². The molecule has 2 N–H and O–H groups in total. The lowest BCUT2D eigenvalue weighted by Crippen LogP contribution is -2.15. The van der Waals surface area contributed by atoms with Crippen LogP contribution in [0.1, 0.15) is 15.9 Å². The number of nitrogens with zero attached hydrogens (tertiary/aromatic N) is 2. The molecule has 0 aliphatic carbocycles. The fraction of sp³-hybridized carbons (Fsp3) is 0.167. The third-order valence-electron chi connectivity index (χ3n) is 2.48. The highest BCUT2D eigenvalue weighted by molar-refractivity contribution is 7.89. The zero-order valence-corrected chi connectivity index (χ0v) is 11.7. The number of ether oxygens (including phenoxy) is 1. The highest BCUT2D eigenvalue weighted by Crippen LogP contribution is 2.17. The molecule has 20 heavy (non-hydrogen) atoms. The molecule has 0 saturated heterocycles. The zero-order valence-electron chi connectivity index (χ0n) is 10.9. The molecule has 2 aromatic rings. The van der Waals surface area contributed by atoms with Crippen LogP contribution in [0.2, 0.25) is 0 Å². The molecule has 1 aromatic heterocycles. The van der Waals surface area contributed by atoms with Crippen molar-refractivity contribution in [2.45, 2.75) is 6.92 Å². The van der Waals surface area contributed by atoms with Crippen LogP contribution in [0, 0.1) is 6.92 Å². The maximum absolute atomic E-state index is 11.8. The number of benzene rings is 1. The molecular weight excluding hydrogens is 282 g/mol. The monoisotopic (exact) mass is 295 g/mol. The van der Waals surface area contributed by atoms with E-state index in [4.69, 9.17) is 10.5 Å². The van der Waals surface area contributed by atoms with Crippen molar-refractivity contribution >= 4 is 21.8 Å². The number of hydrogen-bond donors (Lipinski definition) is 1. The Morgan fingerprint density at radius 1 is 1.30 bits per heavy atom.